The zero-order valence-corrected chi connectivity index (χ0v) is 12.7. The van der Waals surface area contributed by atoms with E-state index in [1.54, 1.807) is 11.2 Å². The first-order valence-electron chi connectivity index (χ1n) is 6.61. The summed E-state index contributed by atoms with van der Waals surface area (Å²) in [6.07, 6.45) is 2.03. The van der Waals surface area contributed by atoms with Crippen LogP contribution in [0.25, 0.3) is 0 Å². The number of hydrogen-bond acceptors (Lipinski definition) is 4. The molecule has 0 radical (unpaired) electrons. The Morgan fingerprint density at radius 3 is 2.37 bits per heavy atom. The lowest BCUT2D eigenvalue weighted by Gasteiger charge is -2.33. The molecule has 0 amide bonds. The second kappa shape index (κ2) is 5.60. The van der Waals surface area contributed by atoms with Crippen LogP contribution < -0.4 is 0 Å². The third kappa shape index (κ3) is 3.34. The van der Waals surface area contributed by atoms with Crippen LogP contribution >= 0.6 is 0 Å². The van der Waals surface area contributed by atoms with Crippen LogP contribution in [-0.4, -0.2) is 59.3 Å². The number of sulfonamides is 1. The largest absolute Gasteiger partial charge is 0.296 e. The van der Waals surface area contributed by atoms with Gasteiger partial charge in [-0.2, -0.15) is 9.40 Å². The fourth-order valence-electron chi connectivity index (χ4n) is 2.39. The van der Waals surface area contributed by atoms with Gasteiger partial charge in [0.25, 0.3) is 0 Å². The third-order valence-corrected chi connectivity index (χ3v) is 5.48. The molecule has 2 heterocycles. The first-order valence-corrected chi connectivity index (χ1v) is 8.22. The Hall–Kier alpha value is -0.920. The molecule has 0 N–H and O–H groups in total. The molecule has 1 aromatic heterocycles. The Balaban J connectivity index is 1.92. The summed E-state index contributed by atoms with van der Waals surface area (Å²) in [6.45, 7) is 7.31. The molecule has 0 aliphatic carbocycles. The summed E-state index contributed by atoms with van der Waals surface area (Å²) in [4.78, 5) is 2.28. The molecule has 2 rings (SSSR count). The van der Waals surface area contributed by atoms with Crippen molar-refractivity contribution in [1.82, 2.24) is 19.0 Å². The molecule has 19 heavy (non-hydrogen) atoms. The van der Waals surface area contributed by atoms with Crippen LogP contribution in [0.1, 0.15) is 18.2 Å². The Kier molecular flexibility index (Phi) is 4.27. The van der Waals surface area contributed by atoms with Crippen LogP contribution in [0.3, 0.4) is 0 Å². The lowest BCUT2D eigenvalue weighted by molar-refractivity contribution is 0.181. The van der Waals surface area contributed by atoms with Gasteiger partial charge in [-0.15, -0.1) is 0 Å². The number of aryl methyl sites for hydroxylation is 2. The van der Waals surface area contributed by atoms with Crippen molar-refractivity contribution in [2.75, 3.05) is 31.9 Å². The van der Waals surface area contributed by atoms with Gasteiger partial charge in [-0.05, 0) is 13.8 Å². The van der Waals surface area contributed by atoms with Gasteiger partial charge in [0.05, 0.1) is 11.4 Å². The number of hydrogen-bond donors (Lipinski definition) is 0. The molecular weight excluding hydrogens is 264 g/mol. The molecule has 6 nitrogen and oxygen atoms in total. The molecule has 0 aromatic carbocycles. The fraction of sp³-hybridized carbons (Fsp3) is 0.750. The Bertz CT molecular complexity index is 530. The standard InChI is InChI=1S/C12H22N4O2S/c1-4-19(17,18)16-7-5-15(6-8-16)10-12-9-14(3)13-11(12)2/h9H,4-8,10H2,1-3H3. The highest BCUT2D eigenvalue weighted by Gasteiger charge is 2.25. The highest BCUT2D eigenvalue weighted by atomic mass is 32.2. The number of rotatable bonds is 4. The second-order valence-electron chi connectivity index (χ2n) is 4.99. The highest BCUT2D eigenvalue weighted by molar-refractivity contribution is 7.89. The van der Waals surface area contributed by atoms with E-state index in [0.717, 1.165) is 25.3 Å². The maximum atomic E-state index is 11.8. The van der Waals surface area contributed by atoms with E-state index >= 15 is 0 Å². The van der Waals surface area contributed by atoms with Crippen LogP contribution in [0.2, 0.25) is 0 Å². The molecule has 1 aromatic rings. The van der Waals surface area contributed by atoms with Crippen molar-refractivity contribution < 1.29 is 8.42 Å². The summed E-state index contributed by atoms with van der Waals surface area (Å²) in [6, 6.07) is 0. The van der Waals surface area contributed by atoms with Crippen molar-refractivity contribution in [3.8, 4) is 0 Å². The summed E-state index contributed by atoms with van der Waals surface area (Å²) in [5, 5.41) is 4.33. The first-order chi connectivity index (χ1) is 8.92. The molecule has 7 heteroatoms. The van der Waals surface area contributed by atoms with Crippen molar-refractivity contribution in [2.45, 2.75) is 20.4 Å². The van der Waals surface area contributed by atoms with E-state index in [1.807, 2.05) is 24.9 Å². The quantitative estimate of drug-likeness (QED) is 0.793. The fourth-order valence-corrected chi connectivity index (χ4v) is 3.48. The molecule has 1 aliphatic heterocycles. The van der Waals surface area contributed by atoms with Crippen molar-refractivity contribution in [1.29, 1.82) is 0 Å². The topological polar surface area (TPSA) is 58.4 Å². The van der Waals surface area contributed by atoms with E-state index in [0.29, 0.717) is 13.1 Å². The lowest BCUT2D eigenvalue weighted by Crippen LogP contribution is -2.48. The zero-order chi connectivity index (χ0) is 14.0. The third-order valence-electron chi connectivity index (χ3n) is 3.60. The SMILES string of the molecule is CCS(=O)(=O)N1CCN(Cc2cn(C)nc2C)CC1. The lowest BCUT2D eigenvalue weighted by atomic mass is 10.2. The maximum Gasteiger partial charge on any atom is 0.213 e. The summed E-state index contributed by atoms with van der Waals surface area (Å²) in [5.74, 6) is 0.189. The normalized spacial score (nSPS) is 18.9. The number of aromatic nitrogens is 2. The highest BCUT2D eigenvalue weighted by Crippen LogP contribution is 2.13. The van der Waals surface area contributed by atoms with Gasteiger partial charge in [0.15, 0.2) is 0 Å². The summed E-state index contributed by atoms with van der Waals surface area (Å²) in [7, 11) is -1.11. The zero-order valence-electron chi connectivity index (χ0n) is 11.8. The van der Waals surface area contributed by atoms with E-state index in [-0.39, 0.29) is 5.75 Å². The predicted octanol–water partition coefficient (Wildman–Crippen LogP) is 0.196. The Morgan fingerprint density at radius 2 is 1.89 bits per heavy atom. The molecule has 0 spiro atoms. The van der Waals surface area contributed by atoms with Crippen molar-refractivity contribution in [3.05, 3.63) is 17.5 Å². The van der Waals surface area contributed by atoms with Gasteiger partial charge in [0.2, 0.25) is 10.0 Å². The average molecular weight is 286 g/mol. The maximum absolute atomic E-state index is 11.8. The summed E-state index contributed by atoms with van der Waals surface area (Å²) in [5.41, 5.74) is 2.26. The van der Waals surface area contributed by atoms with Crippen LogP contribution in [0, 0.1) is 6.92 Å². The molecule has 1 aliphatic rings. The first kappa shape index (κ1) is 14.5. The molecule has 0 saturated carbocycles. The van der Waals surface area contributed by atoms with Crippen LogP contribution in [0.5, 0.6) is 0 Å². The Labute approximate surface area is 115 Å². The Morgan fingerprint density at radius 1 is 1.26 bits per heavy atom. The van der Waals surface area contributed by atoms with Crippen molar-refractivity contribution in [2.24, 2.45) is 7.05 Å². The molecule has 0 atom stereocenters. The van der Waals surface area contributed by atoms with Gasteiger partial charge < -0.3 is 0 Å². The van der Waals surface area contributed by atoms with Gasteiger partial charge in [-0.3, -0.25) is 9.58 Å². The van der Waals surface area contributed by atoms with E-state index in [1.165, 1.54) is 5.56 Å². The van der Waals surface area contributed by atoms with Crippen LogP contribution in [-0.2, 0) is 23.6 Å². The van der Waals surface area contributed by atoms with Gasteiger partial charge >= 0.3 is 0 Å². The number of nitrogens with zero attached hydrogens (tertiary/aromatic N) is 4. The smallest absolute Gasteiger partial charge is 0.213 e. The molecule has 0 unspecified atom stereocenters. The average Bonchev–Trinajstić information content (AvgIpc) is 2.68. The molecule has 1 saturated heterocycles. The molecule has 1 fully saturated rings. The van der Waals surface area contributed by atoms with E-state index in [4.69, 9.17) is 0 Å². The van der Waals surface area contributed by atoms with Crippen molar-refractivity contribution in [3.63, 3.8) is 0 Å². The second-order valence-corrected chi connectivity index (χ2v) is 7.25. The minimum Gasteiger partial charge on any atom is -0.296 e. The molecular formula is C12H22N4O2S. The molecule has 0 bridgehead atoms. The summed E-state index contributed by atoms with van der Waals surface area (Å²) >= 11 is 0. The summed E-state index contributed by atoms with van der Waals surface area (Å²) < 4.78 is 27.0. The van der Waals surface area contributed by atoms with Gasteiger partial charge in [-0.1, -0.05) is 0 Å². The van der Waals surface area contributed by atoms with E-state index < -0.39 is 10.0 Å². The van der Waals surface area contributed by atoms with E-state index in [9.17, 15) is 8.42 Å². The predicted molar refractivity (Wildman–Crippen MR) is 74.3 cm³/mol. The minimum absolute atomic E-state index is 0.189. The van der Waals surface area contributed by atoms with Crippen LogP contribution in [0.15, 0.2) is 6.20 Å². The van der Waals surface area contributed by atoms with Gasteiger partial charge in [0, 0.05) is 51.5 Å². The number of piperazine rings is 1. The van der Waals surface area contributed by atoms with Crippen molar-refractivity contribution >= 4 is 10.0 Å². The van der Waals surface area contributed by atoms with Crippen LogP contribution in [0.4, 0.5) is 0 Å². The van der Waals surface area contributed by atoms with E-state index in [2.05, 4.69) is 10.00 Å². The molecule has 108 valence electrons. The van der Waals surface area contributed by atoms with Gasteiger partial charge in [-0.25, -0.2) is 8.42 Å². The minimum atomic E-state index is -3.03. The van der Waals surface area contributed by atoms with Gasteiger partial charge in [0.1, 0.15) is 0 Å². The monoisotopic (exact) mass is 286 g/mol.